The van der Waals surface area contributed by atoms with Crippen molar-refractivity contribution in [2.75, 3.05) is 20.3 Å². The predicted octanol–water partition coefficient (Wildman–Crippen LogP) is 6.16. The van der Waals surface area contributed by atoms with E-state index in [1.54, 1.807) is 31.5 Å². The Kier molecular flexibility index (Phi) is 11.9. The molecule has 54 heavy (non-hydrogen) atoms. The first kappa shape index (κ1) is 38.7. The molecule has 2 N–H and O–H groups in total. The summed E-state index contributed by atoms with van der Waals surface area (Å²) in [6.45, 7) is 15.6. The van der Waals surface area contributed by atoms with Gasteiger partial charge in [-0.05, 0) is 69.9 Å². The van der Waals surface area contributed by atoms with Crippen molar-refractivity contribution in [2.45, 2.75) is 85.0 Å². The van der Waals surface area contributed by atoms with Crippen molar-refractivity contribution >= 4 is 51.8 Å². The fourth-order valence-electron chi connectivity index (χ4n) is 7.21. The average Bonchev–Trinajstić information content (AvgIpc) is 3.77. The molecule has 1 aromatic carbocycles. The lowest BCUT2D eigenvalue weighted by atomic mass is 9.84. The molecule has 4 aromatic rings. The molecule has 0 saturated carbocycles. The number of rotatable bonds is 8. The number of carbonyl (C=O) groups excluding carboxylic acids is 3. The number of amides is 2. The minimum Gasteiger partial charge on any atom is -0.464 e. The van der Waals surface area contributed by atoms with Crippen LogP contribution in [0.5, 0.6) is 0 Å². The van der Waals surface area contributed by atoms with Crippen LogP contribution in [0.4, 0.5) is 0 Å². The van der Waals surface area contributed by atoms with Gasteiger partial charge < -0.3 is 19.4 Å². The molecule has 2 amide bonds. The molecule has 284 valence electrons. The number of benzene rings is 1. The van der Waals surface area contributed by atoms with E-state index >= 15 is 0 Å². The number of esters is 1. The number of pyridine rings is 1. The third kappa shape index (κ3) is 8.08. The number of cyclic esters (lactones) is 1. The molecule has 2 aliphatic rings. The van der Waals surface area contributed by atoms with Gasteiger partial charge in [0.2, 0.25) is 0 Å². The Morgan fingerprint density at radius 1 is 1.28 bits per heavy atom. The van der Waals surface area contributed by atoms with Crippen LogP contribution in [0.1, 0.15) is 74.2 Å². The summed E-state index contributed by atoms with van der Waals surface area (Å²) < 4.78 is 14.1. The van der Waals surface area contributed by atoms with E-state index in [4.69, 9.17) is 19.5 Å². The number of hydrogen-bond donors (Lipinski definition) is 2. The van der Waals surface area contributed by atoms with Crippen molar-refractivity contribution < 1.29 is 23.9 Å². The number of hydrogen-bond acceptors (Lipinski definition) is 10. The van der Waals surface area contributed by atoms with Gasteiger partial charge in [-0.2, -0.15) is 0 Å². The molecule has 12 nitrogen and oxygen atoms in total. The van der Waals surface area contributed by atoms with Gasteiger partial charge in [-0.25, -0.2) is 10.4 Å². The number of thiazole rings is 1. The molecule has 5 heterocycles. The maximum Gasteiger partial charge on any atom is 0.324 e. The maximum absolute atomic E-state index is 14.1. The molecule has 1 fully saturated rings. The Bertz CT molecular complexity index is 2100. The number of allylic oxidation sites excluding steroid dienone is 2. The van der Waals surface area contributed by atoms with E-state index in [1.165, 1.54) is 22.5 Å². The quantitative estimate of drug-likeness (QED) is 0.124. The van der Waals surface area contributed by atoms with Gasteiger partial charge in [-0.3, -0.25) is 29.4 Å². The molecule has 0 spiro atoms. The molecular formula is C41H49N7O5S. The zero-order valence-corrected chi connectivity index (χ0v) is 32.7. The third-order valence-electron chi connectivity index (χ3n) is 9.95. The fourth-order valence-corrected chi connectivity index (χ4v) is 8.06. The van der Waals surface area contributed by atoms with E-state index < -0.39 is 29.4 Å². The lowest BCUT2D eigenvalue weighted by Crippen LogP contribution is -2.60. The molecule has 3 aromatic heterocycles. The van der Waals surface area contributed by atoms with E-state index in [2.05, 4.69) is 65.8 Å². The molecule has 3 atom stereocenters. The monoisotopic (exact) mass is 751 g/mol. The van der Waals surface area contributed by atoms with Crippen molar-refractivity contribution in [3.63, 3.8) is 0 Å². The topological polar surface area (TPSA) is 140 Å². The predicted molar refractivity (Wildman–Crippen MR) is 212 cm³/mol. The van der Waals surface area contributed by atoms with Gasteiger partial charge in [0.1, 0.15) is 17.8 Å². The second-order valence-corrected chi connectivity index (χ2v) is 15.3. The number of aryl methyl sites for hydroxylation is 1. The lowest BCUT2D eigenvalue weighted by Gasteiger charge is -2.35. The third-order valence-corrected chi connectivity index (χ3v) is 10.8. The number of nitrogens with zero attached hydrogens (tertiary/aromatic N) is 5. The smallest absolute Gasteiger partial charge is 0.324 e. The zero-order valence-electron chi connectivity index (χ0n) is 31.8. The van der Waals surface area contributed by atoms with Crippen LogP contribution in [-0.4, -0.2) is 82.0 Å². The standard InChI is InChI=1S/C41H49N7O5S/c1-8-27(36(42-9-2)25(4)52-7)37-29-22-41(5,6)24-53-40(51)31-15-13-19-48(46-31)39(50)32(45-38(49)30-14-11-12-18-43-30)21-35-44-33(23-54-35)26-16-17-34(28(29)20-26)47(37)10-3/h8-9,11-12,14,16-18,20,23,25,31-32,46H,1,10,13,15,19,21-22,24H2,2-7H3,(H,45,49)/b36-27+,42-9-/t25-,31-,32-/m0/s1. The Morgan fingerprint density at radius 2 is 2.09 bits per heavy atom. The molecule has 2 aliphatic heterocycles. The highest BCUT2D eigenvalue weighted by atomic mass is 32.1. The zero-order chi connectivity index (χ0) is 38.6. The normalized spacial score (nSPS) is 20.3. The number of aliphatic imine (C=N–C) groups is 1. The van der Waals surface area contributed by atoms with Crippen molar-refractivity contribution in [3.05, 3.63) is 88.3 Å². The van der Waals surface area contributed by atoms with E-state index in [0.29, 0.717) is 37.4 Å². The number of hydrazine groups is 1. The number of aromatic nitrogens is 3. The van der Waals surface area contributed by atoms with E-state index in [1.807, 2.05) is 25.3 Å². The van der Waals surface area contributed by atoms with Gasteiger partial charge in [0.15, 0.2) is 0 Å². The molecule has 0 radical (unpaired) electrons. The molecule has 6 bridgehead atoms. The summed E-state index contributed by atoms with van der Waals surface area (Å²) in [5, 5.41) is 8.04. The number of nitrogens with one attached hydrogen (secondary N) is 2. The van der Waals surface area contributed by atoms with E-state index in [9.17, 15) is 14.4 Å². The van der Waals surface area contributed by atoms with Gasteiger partial charge in [-0.15, -0.1) is 11.3 Å². The van der Waals surface area contributed by atoms with Crippen LogP contribution >= 0.6 is 11.3 Å². The molecule has 13 heteroatoms. The molecule has 6 rings (SSSR count). The lowest BCUT2D eigenvalue weighted by molar-refractivity contribution is -0.155. The minimum atomic E-state index is -0.965. The Morgan fingerprint density at radius 3 is 2.80 bits per heavy atom. The summed E-state index contributed by atoms with van der Waals surface area (Å²) in [4.78, 5) is 55.0. The SMILES string of the molecule is C=C/C(=C(\N=C/C)[C@H](C)OC)c1c2c3cc(ccc3n1CC)-c1csc(n1)C[C@H](NC(=O)c1ccccn1)C(=O)N1CCC[C@H](N1)C(=O)OCC(C)(C)C2. The van der Waals surface area contributed by atoms with Crippen molar-refractivity contribution in [1.29, 1.82) is 0 Å². The van der Waals surface area contributed by atoms with Crippen LogP contribution < -0.4 is 10.7 Å². The number of methoxy groups -OCH3 is 1. The van der Waals surface area contributed by atoms with Gasteiger partial charge in [-0.1, -0.05) is 38.6 Å². The van der Waals surface area contributed by atoms with Gasteiger partial charge >= 0.3 is 5.97 Å². The first-order valence-electron chi connectivity index (χ1n) is 18.4. The van der Waals surface area contributed by atoms with Crippen molar-refractivity contribution in [2.24, 2.45) is 10.4 Å². The summed E-state index contributed by atoms with van der Waals surface area (Å²) in [5.74, 6) is -1.27. The van der Waals surface area contributed by atoms with Crippen LogP contribution in [0.25, 0.3) is 27.7 Å². The second kappa shape index (κ2) is 16.6. The van der Waals surface area contributed by atoms with E-state index in [0.717, 1.165) is 44.7 Å². The van der Waals surface area contributed by atoms with Crippen molar-refractivity contribution in [1.82, 2.24) is 30.3 Å². The minimum absolute atomic E-state index is 0.148. The van der Waals surface area contributed by atoms with Crippen LogP contribution in [0.15, 0.2) is 71.3 Å². The first-order valence-corrected chi connectivity index (χ1v) is 19.3. The average molecular weight is 752 g/mol. The maximum atomic E-state index is 14.1. The van der Waals surface area contributed by atoms with Gasteiger partial charge in [0, 0.05) is 71.9 Å². The highest BCUT2D eigenvalue weighted by Crippen LogP contribution is 2.40. The molecule has 1 saturated heterocycles. The number of fused-ring (bicyclic) bond motifs is 6. The summed E-state index contributed by atoms with van der Waals surface area (Å²) in [5.41, 5.74) is 9.26. The Labute approximate surface area is 320 Å². The van der Waals surface area contributed by atoms with Crippen LogP contribution in [-0.2, 0) is 38.4 Å². The Balaban J connectivity index is 1.51. The van der Waals surface area contributed by atoms with Crippen molar-refractivity contribution in [3.8, 4) is 11.3 Å². The molecule has 0 unspecified atom stereocenters. The van der Waals surface area contributed by atoms with E-state index in [-0.39, 0.29) is 30.7 Å². The summed E-state index contributed by atoms with van der Waals surface area (Å²) >= 11 is 1.43. The summed E-state index contributed by atoms with van der Waals surface area (Å²) in [7, 11) is 1.67. The number of ether oxygens (including phenoxy) is 2. The number of carbonyl (C=O) groups is 3. The molecule has 0 aliphatic carbocycles. The summed E-state index contributed by atoms with van der Waals surface area (Å²) in [6, 6.07) is 9.70. The second-order valence-electron chi connectivity index (χ2n) is 14.4. The first-order chi connectivity index (χ1) is 26.0. The largest absolute Gasteiger partial charge is 0.464 e. The summed E-state index contributed by atoms with van der Waals surface area (Å²) in [6.07, 6.45) is 6.68. The van der Waals surface area contributed by atoms with Crippen LogP contribution in [0.2, 0.25) is 0 Å². The van der Waals surface area contributed by atoms with Gasteiger partial charge in [0.25, 0.3) is 11.8 Å². The highest BCUT2D eigenvalue weighted by Gasteiger charge is 2.36. The Hall–Kier alpha value is -4.98. The highest BCUT2D eigenvalue weighted by molar-refractivity contribution is 7.10. The fraction of sp³-hybridized carbons (Fsp3) is 0.415. The van der Waals surface area contributed by atoms with Crippen LogP contribution in [0.3, 0.4) is 0 Å². The molecular weight excluding hydrogens is 703 g/mol. The van der Waals surface area contributed by atoms with Crippen LogP contribution in [0, 0.1) is 5.41 Å². The van der Waals surface area contributed by atoms with Gasteiger partial charge in [0.05, 0.1) is 34.8 Å².